The lowest BCUT2D eigenvalue weighted by molar-refractivity contribution is -0.0498. The first kappa shape index (κ1) is 20.5. The Bertz CT molecular complexity index is 706. The summed E-state index contributed by atoms with van der Waals surface area (Å²) < 4.78 is 33.7. The van der Waals surface area contributed by atoms with Gasteiger partial charge in [-0.25, -0.2) is 4.79 Å². The van der Waals surface area contributed by atoms with E-state index in [1.165, 1.54) is 22.6 Å². The van der Waals surface area contributed by atoms with Gasteiger partial charge in [0.2, 0.25) is 0 Å². The van der Waals surface area contributed by atoms with Crippen LogP contribution >= 0.6 is 0 Å². The van der Waals surface area contributed by atoms with Gasteiger partial charge in [0, 0.05) is 20.1 Å². The number of hydrogen-bond donors (Lipinski definition) is 1. The molecule has 1 N–H and O–H groups in total. The second-order valence-corrected chi connectivity index (χ2v) is 6.06. The molecule has 0 saturated heterocycles. The summed E-state index contributed by atoms with van der Waals surface area (Å²) in [7, 11) is 3.31. The second-order valence-electron chi connectivity index (χ2n) is 6.06. The predicted molar refractivity (Wildman–Crippen MR) is 99.3 cm³/mol. The number of aryl methyl sites for hydroxylation is 1. The third-order valence-corrected chi connectivity index (χ3v) is 3.99. The maximum atomic E-state index is 12.1. The van der Waals surface area contributed by atoms with Crippen LogP contribution in [0.15, 0.2) is 48.5 Å². The number of benzene rings is 2. The summed E-state index contributed by atoms with van der Waals surface area (Å²) in [5.41, 5.74) is 2.01. The molecule has 2 aromatic carbocycles. The number of methoxy groups -OCH3 is 1. The van der Waals surface area contributed by atoms with Crippen molar-refractivity contribution in [2.24, 2.45) is 0 Å². The Morgan fingerprint density at radius 3 is 2.22 bits per heavy atom. The Hall–Kier alpha value is -2.83. The zero-order valence-electron chi connectivity index (χ0n) is 15.5. The minimum absolute atomic E-state index is 0.0967. The molecule has 7 heteroatoms. The molecular formula is C20H24F2N2O3. The van der Waals surface area contributed by atoms with Crippen LogP contribution in [0.25, 0.3) is 0 Å². The lowest BCUT2D eigenvalue weighted by atomic mass is 10.1. The van der Waals surface area contributed by atoms with Crippen molar-refractivity contribution in [2.75, 3.05) is 20.7 Å². The Morgan fingerprint density at radius 2 is 1.63 bits per heavy atom. The summed E-state index contributed by atoms with van der Waals surface area (Å²) in [6.45, 7) is -1.91. The van der Waals surface area contributed by atoms with E-state index in [2.05, 4.69) is 10.1 Å². The standard InChI is InChI=1S/C20H24F2N2O3/c1-24(14-16-7-11-18(12-8-16)27-19(21)22)20(25)23-13-3-4-15-5-9-17(26-2)10-6-15/h5-12,19H,3-4,13-14H2,1-2H3,(H,23,25). The summed E-state index contributed by atoms with van der Waals surface area (Å²) in [4.78, 5) is 13.7. The van der Waals surface area contributed by atoms with Gasteiger partial charge in [-0.1, -0.05) is 24.3 Å². The highest BCUT2D eigenvalue weighted by atomic mass is 19.3. The number of carbonyl (C=O) groups excluding carboxylic acids is 1. The molecule has 146 valence electrons. The second kappa shape index (κ2) is 10.4. The van der Waals surface area contributed by atoms with Crippen molar-refractivity contribution in [3.63, 3.8) is 0 Å². The first-order chi connectivity index (χ1) is 13.0. The van der Waals surface area contributed by atoms with E-state index >= 15 is 0 Å². The van der Waals surface area contributed by atoms with Gasteiger partial charge < -0.3 is 19.7 Å². The smallest absolute Gasteiger partial charge is 0.387 e. The Labute approximate surface area is 157 Å². The van der Waals surface area contributed by atoms with Crippen LogP contribution in [-0.2, 0) is 13.0 Å². The quantitative estimate of drug-likeness (QED) is 0.669. The lowest BCUT2D eigenvalue weighted by Crippen LogP contribution is -2.37. The molecule has 0 bridgehead atoms. The number of rotatable bonds is 9. The van der Waals surface area contributed by atoms with Gasteiger partial charge in [0.15, 0.2) is 0 Å². The van der Waals surface area contributed by atoms with Gasteiger partial charge in [-0.3, -0.25) is 0 Å². The Morgan fingerprint density at radius 1 is 1.04 bits per heavy atom. The molecule has 2 aromatic rings. The molecule has 0 aromatic heterocycles. The van der Waals surface area contributed by atoms with E-state index in [1.54, 1.807) is 26.3 Å². The predicted octanol–water partition coefficient (Wildman–Crippen LogP) is 4.07. The van der Waals surface area contributed by atoms with Gasteiger partial charge >= 0.3 is 12.6 Å². The molecule has 0 unspecified atom stereocenters. The maximum Gasteiger partial charge on any atom is 0.387 e. The van der Waals surface area contributed by atoms with Crippen LogP contribution in [0.1, 0.15) is 17.5 Å². The zero-order chi connectivity index (χ0) is 19.6. The molecule has 27 heavy (non-hydrogen) atoms. The zero-order valence-corrected chi connectivity index (χ0v) is 15.5. The van der Waals surface area contributed by atoms with Crippen LogP contribution in [-0.4, -0.2) is 38.2 Å². The summed E-state index contributed by atoms with van der Waals surface area (Å²) >= 11 is 0. The fourth-order valence-corrected chi connectivity index (χ4v) is 2.54. The molecule has 0 aliphatic carbocycles. The summed E-state index contributed by atoms with van der Waals surface area (Å²) in [6.07, 6.45) is 1.69. The van der Waals surface area contributed by atoms with Gasteiger partial charge in [-0.05, 0) is 48.2 Å². The minimum Gasteiger partial charge on any atom is -0.497 e. The number of carbonyl (C=O) groups is 1. The first-order valence-electron chi connectivity index (χ1n) is 8.63. The van der Waals surface area contributed by atoms with Crippen LogP contribution in [0.4, 0.5) is 13.6 Å². The molecule has 0 spiro atoms. The van der Waals surface area contributed by atoms with E-state index < -0.39 is 6.61 Å². The fraction of sp³-hybridized carbons (Fsp3) is 0.350. The highest BCUT2D eigenvalue weighted by Crippen LogP contribution is 2.16. The van der Waals surface area contributed by atoms with Crippen molar-refractivity contribution in [1.29, 1.82) is 0 Å². The van der Waals surface area contributed by atoms with E-state index in [9.17, 15) is 13.6 Å². The third kappa shape index (κ3) is 7.13. The van der Waals surface area contributed by atoms with Crippen LogP contribution in [0.5, 0.6) is 11.5 Å². The van der Waals surface area contributed by atoms with Gasteiger partial charge in [0.1, 0.15) is 11.5 Å². The lowest BCUT2D eigenvalue weighted by Gasteiger charge is -2.18. The molecule has 2 rings (SSSR count). The van der Waals surface area contributed by atoms with Crippen molar-refractivity contribution in [3.05, 3.63) is 59.7 Å². The van der Waals surface area contributed by atoms with Crippen molar-refractivity contribution < 1.29 is 23.0 Å². The number of urea groups is 1. The molecule has 0 radical (unpaired) electrons. The Kier molecular flexibility index (Phi) is 7.85. The summed E-state index contributed by atoms with van der Waals surface area (Å²) in [5, 5.41) is 2.87. The summed E-state index contributed by atoms with van der Waals surface area (Å²) in [6, 6.07) is 13.9. The van der Waals surface area contributed by atoms with Crippen molar-refractivity contribution in [2.45, 2.75) is 26.0 Å². The molecule has 0 fully saturated rings. The Balaban J connectivity index is 1.70. The van der Waals surface area contributed by atoms with E-state index in [0.29, 0.717) is 13.1 Å². The minimum atomic E-state index is -2.85. The molecule has 0 atom stereocenters. The number of nitrogens with zero attached hydrogens (tertiary/aromatic N) is 1. The van der Waals surface area contributed by atoms with E-state index in [4.69, 9.17) is 4.74 Å². The van der Waals surface area contributed by atoms with Crippen LogP contribution in [0, 0.1) is 0 Å². The van der Waals surface area contributed by atoms with Gasteiger partial charge in [0.05, 0.1) is 7.11 Å². The number of hydrogen-bond acceptors (Lipinski definition) is 3. The number of nitrogens with one attached hydrogen (secondary N) is 1. The molecular weight excluding hydrogens is 354 g/mol. The topological polar surface area (TPSA) is 50.8 Å². The normalized spacial score (nSPS) is 10.6. The van der Waals surface area contributed by atoms with E-state index in [1.807, 2.05) is 24.3 Å². The fourth-order valence-electron chi connectivity index (χ4n) is 2.54. The van der Waals surface area contributed by atoms with Crippen LogP contribution in [0.3, 0.4) is 0 Å². The molecule has 0 saturated carbocycles. The van der Waals surface area contributed by atoms with E-state index in [-0.39, 0.29) is 11.8 Å². The van der Waals surface area contributed by atoms with E-state index in [0.717, 1.165) is 24.2 Å². The van der Waals surface area contributed by atoms with Gasteiger partial charge in [-0.15, -0.1) is 0 Å². The first-order valence-corrected chi connectivity index (χ1v) is 8.63. The highest BCUT2D eigenvalue weighted by molar-refractivity contribution is 5.73. The summed E-state index contributed by atoms with van der Waals surface area (Å²) in [5.74, 6) is 0.918. The molecule has 5 nitrogen and oxygen atoms in total. The number of amides is 2. The number of alkyl halides is 2. The molecule has 0 aliphatic heterocycles. The number of halogens is 2. The number of ether oxygens (including phenoxy) is 2. The molecule has 2 amide bonds. The molecule has 0 heterocycles. The highest BCUT2D eigenvalue weighted by Gasteiger charge is 2.09. The van der Waals surface area contributed by atoms with Gasteiger partial charge in [-0.2, -0.15) is 8.78 Å². The van der Waals surface area contributed by atoms with Gasteiger partial charge in [0.25, 0.3) is 0 Å². The average molecular weight is 378 g/mol. The van der Waals surface area contributed by atoms with Crippen molar-refractivity contribution >= 4 is 6.03 Å². The monoisotopic (exact) mass is 378 g/mol. The van der Waals surface area contributed by atoms with Crippen LogP contribution < -0.4 is 14.8 Å². The largest absolute Gasteiger partial charge is 0.497 e. The van der Waals surface area contributed by atoms with Crippen LogP contribution in [0.2, 0.25) is 0 Å². The molecule has 0 aliphatic rings. The SMILES string of the molecule is COc1ccc(CCCNC(=O)N(C)Cc2ccc(OC(F)F)cc2)cc1. The average Bonchev–Trinajstić information content (AvgIpc) is 2.66. The third-order valence-electron chi connectivity index (χ3n) is 3.99. The maximum absolute atomic E-state index is 12.1. The van der Waals surface area contributed by atoms with Crippen molar-refractivity contribution in [3.8, 4) is 11.5 Å². The van der Waals surface area contributed by atoms with Crippen molar-refractivity contribution in [1.82, 2.24) is 10.2 Å².